The summed E-state index contributed by atoms with van der Waals surface area (Å²) < 4.78 is 12.9. The molecule has 0 N–H and O–H groups in total. The molecule has 1 heterocycles. The Kier molecular flexibility index (Phi) is 8.78. The topological polar surface area (TPSA) is 52.6 Å². The number of carbonyl (C=O) groups is 2. The fourth-order valence-electron chi connectivity index (χ4n) is 1.07. The van der Waals surface area contributed by atoms with Gasteiger partial charge in [0.1, 0.15) is 16.4 Å². The quantitative estimate of drug-likeness (QED) is 0.298. The normalized spacial score (nSPS) is 10.3. The van der Waals surface area contributed by atoms with Gasteiger partial charge in [0.15, 0.2) is 0 Å². The molecule has 0 aliphatic heterocycles. The van der Waals surface area contributed by atoms with Crippen molar-refractivity contribution >= 4 is 70.4 Å². The van der Waals surface area contributed by atoms with Crippen LogP contribution in [0.5, 0.6) is 0 Å². The number of ether oxygens (including phenoxy) is 2. The zero-order chi connectivity index (χ0) is 15.0. The summed E-state index contributed by atoms with van der Waals surface area (Å²) in [6.45, 7) is 3.59. The Bertz CT molecular complexity index is 465. The molecule has 1 aromatic rings. The second-order valence-corrected chi connectivity index (χ2v) is 9.36. The van der Waals surface area contributed by atoms with Crippen LogP contribution in [0.1, 0.15) is 13.8 Å². The molecule has 0 amide bonds. The number of esters is 2. The Balaban J connectivity index is 2.40. The highest BCUT2D eigenvalue weighted by molar-refractivity contribution is 8.05. The van der Waals surface area contributed by atoms with Crippen LogP contribution in [0.15, 0.2) is 8.42 Å². The summed E-state index contributed by atoms with van der Waals surface area (Å²) in [5, 5.41) is 0. The van der Waals surface area contributed by atoms with E-state index in [-0.39, 0.29) is 11.9 Å². The molecule has 20 heavy (non-hydrogen) atoms. The first kappa shape index (κ1) is 18.0. The molecule has 0 fully saturated rings. The van der Waals surface area contributed by atoms with Crippen molar-refractivity contribution in [2.45, 2.75) is 22.3 Å². The van der Waals surface area contributed by atoms with Gasteiger partial charge in [-0.1, -0.05) is 12.2 Å². The number of rotatable bonds is 8. The second kappa shape index (κ2) is 9.78. The Morgan fingerprint density at radius 1 is 1.00 bits per heavy atom. The van der Waals surface area contributed by atoms with Crippen LogP contribution in [0.4, 0.5) is 0 Å². The molecule has 0 spiro atoms. The van der Waals surface area contributed by atoms with E-state index in [2.05, 4.69) is 0 Å². The number of carbonyl (C=O) groups excluding carboxylic acids is 2. The summed E-state index contributed by atoms with van der Waals surface area (Å²) in [5.74, 6) is 0.886. The number of thioether (sulfide) groups is 2. The smallest absolute Gasteiger partial charge is 0.302 e. The van der Waals surface area contributed by atoms with Gasteiger partial charge in [0, 0.05) is 25.4 Å². The van der Waals surface area contributed by atoms with Crippen molar-refractivity contribution in [3.63, 3.8) is 0 Å². The Hall–Kier alpha value is -0.0900. The molecule has 0 aromatic carbocycles. The molecule has 0 unspecified atom stereocenters. The Morgan fingerprint density at radius 3 is 1.75 bits per heavy atom. The minimum absolute atomic E-state index is 0.264. The molecule has 112 valence electrons. The Labute approximate surface area is 139 Å². The summed E-state index contributed by atoms with van der Waals surface area (Å²) in [6.07, 6.45) is 0. The van der Waals surface area contributed by atoms with Gasteiger partial charge >= 0.3 is 11.9 Å². The molecule has 0 atom stereocenters. The highest BCUT2D eigenvalue weighted by Crippen LogP contribution is 2.40. The molecule has 4 nitrogen and oxygen atoms in total. The summed E-state index contributed by atoms with van der Waals surface area (Å²) in [6, 6.07) is 0. The van der Waals surface area contributed by atoms with Gasteiger partial charge < -0.3 is 9.47 Å². The van der Waals surface area contributed by atoms with E-state index in [0.29, 0.717) is 24.7 Å². The zero-order valence-corrected chi connectivity index (χ0v) is 15.1. The van der Waals surface area contributed by atoms with Gasteiger partial charge in [0.25, 0.3) is 0 Å². The van der Waals surface area contributed by atoms with Gasteiger partial charge in [-0.25, -0.2) is 0 Å². The minimum atomic E-state index is -0.264. The van der Waals surface area contributed by atoms with E-state index < -0.39 is 0 Å². The van der Waals surface area contributed by atoms with Gasteiger partial charge in [0.2, 0.25) is 0 Å². The lowest BCUT2D eigenvalue weighted by Gasteiger charge is -2.03. The lowest BCUT2D eigenvalue weighted by Crippen LogP contribution is -2.02. The molecule has 9 heteroatoms. The molecule has 0 saturated carbocycles. The van der Waals surface area contributed by atoms with Crippen LogP contribution in [0.25, 0.3) is 0 Å². The Morgan fingerprint density at radius 2 is 1.40 bits per heavy atom. The van der Waals surface area contributed by atoms with Crippen molar-refractivity contribution < 1.29 is 19.1 Å². The van der Waals surface area contributed by atoms with Crippen molar-refractivity contribution in [1.82, 2.24) is 0 Å². The van der Waals surface area contributed by atoms with E-state index in [1.165, 1.54) is 13.8 Å². The van der Waals surface area contributed by atoms with Gasteiger partial charge in [-0.05, 0) is 0 Å². The third-order valence-electron chi connectivity index (χ3n) is 1.76. The predicted octanol–water partition coefficient (Wildman–Crippen LogP) is 3.85. The largest absolute Gasteiger partial charge is 0.465 e. The lowest BCUT2D eigenvalue weighted by atomic mass is 10.8. The SMILES string of the molecule is CC(=O)OCCSc1sc(=S)sc1SCCOC(C)=O. The highest BCUT2D eigenvalue weighted by Gasteiger charge is 2.09. The third kappa shape index (κ3) is 7.63. The molecule has 1 rings (SSSR count). The van der Waals surface area contributed by atoms with E-state index in [0.717, 1.165) is 11.6 Å². The number of hydrogen-bond donors (Lipinski definition) is 0. The van der Waals surface area contributed by atoms with Crippen LogP contribution in [0.3, 0.4) is 0 Å². The second-order valence-electron chi connectivity index (χ2n) is 3.41. The summed E-state index contributed by atoms with van der Waals surface area (Å²) in [5.41, 5.74) is 0. The fraction of sp³-hybridized carbons (Fsp3) is 0.545. The van der Waals surface area contributed by atoms with E-state index >= 15 is 0 Å². The monoisotopic (exact) mass is 370 g/mol. The van der Waals surface area contributed by atoms with Crippen molar-refractivity contribution in [2.24, 2.45) is 0 Å². The van der Waals surface area contributed by atoms with Crippen molar-refractivity contribution in [3.8, 4) is 0 Å². The molecule has 0 aliphatic carbocycles. The average molecular weight is 371 g/mol. The molecular formula is C11H14O4S5. The zero-order valence-electron chi connectivity index (χ0n) is 11.0. The van der Waals surface area contributed by atoms with Gasteiger partial charge in [-0.2, -0.15) is 0 Å². The summed E-state index contributed by atoms with van der Waals surface area (Å²) in [4.78, 5) is 21.3. The maximum absolute atomic E-state index is 10.7. The minimum Gasteiger partial charge on any atom is -0.465 e. The van der Waals surface area contributed by atoms with E-state index in [9.17, 15) is 9.59 Å². The number of hydrogen-bond acceptors (Lipinski definition) is 9. The summed E-state index contributed by atoms with van der Waals surface area (Å²) >= 11 is 11.6. The third-order valence-corrected chi connectivity index (χ3v) is 7.27. The standard InChI is InChI=1S/C11H14O4S5/c1-7(12)14-3-5-17-9-10(20-11(16)19-9)18-6-4-15-8(2)13/h3-6H2,1-2H3. The lowest BCUT2D eigenvalue weighted by molar-refractivity contribution is -0.141. The maximum atomic E-state index is 10.7. The van der Waals surface area contributed by atoms with Crippen LogP contribution in [-0.2, 0) is 19.1 Å². The van der Waals surface area contributed by atoms with E-state index in [4.69, 9.17) is 21.7 Å². The van der Waals surface area contributed by atoms with Crippen LogP contribution < -0.4 is 0 Å². The van der Waals surface area contributed by atoms with Crippen molar-refractivity contribution in [2.75, 3.05) is 24.7 Å². The van der Waals surface area contributed by atoms with Crippen LogP contribution >= 0.6 is 58.4 Å². The molecule has 0 aliphatic rings. The van der Waals surface area contributed by atoms with Crippen LogP contribution in [0.2, 0.25) is 0 Å². The van der Waals surface area contributed by atoms with Gasteiger partial charge in [-0.3, -0.25) is 9.59 Å². The van der Waals surface area contributed by atoms with Gasteiger partial charge in [0.05, 0.1) is 8.42 Å². The van der Waals surface area contributed by atoms with Crippen molar-refractivity contribution in [1.29, 1.82) is 0 Å². The molecule has 0 bridgehead atoms. The van der Waals surface area contributed by atoms with E-state index in [1.54, 1.807) is 46.2 Å². The van der Waals surface area contributed by atoms with E-state index in [1.807, 2.05) is 0 Å². The van der Waals surface area contributed by atoms with Crippen LogP contribution in [0, 0.1) is 3.14 Å². The first-order valence-corrected chi connectivity index (χ1v) is 9.66. The molecular weight excluding hydrogens is 356 g/mol. The van der Waals surface area contributed by atoms with Crippen LogP contribution in [-0.4, -0.2) is 36.7 Å². The fourth-order valence-corrected chi connectivity index (χ4v) is 6.96. The van der Waals surface area contributed by atoms with Crippen molar-refractivity contribution in [3.05, 3.63) is 3.14 Å². The maximum Gasteiger partial charge on any atom is 0.302 e. The summed E-state index contributed by atoms with van der Waals surface area (Å²) in [7, 11) is 0. The first-order valence-electron chi connectivity index (χ1n) is 5.65. The van der Waals surface area contributed by atoms with Gasteiger partial charge in [-0.15, -0.1) is 46.2 Å². The predicted molar refractivity (Wildman–Crippen MR) is 87.7 cm³/mol. The molecule has 0 saturated heterocycles. The molecule has 1 aromatic heterocycles. The average Bonchev–Trinajstić information content (AvgIpc) is 2.70. The highest BCUT2D eigenvalue weighted by atomic mass is 32.2. The first-order chi connectivity index (χ1) is 9.49. The molecule has 0 radical (unpaired) electrons.